The first-order valence-electron chi connectivity index (χ1n) is 10.5. The van der Waals surface area contributed by atoms with E-state index in [9.17, 15) is 48.5 Å². The molecule has 1 aliphatic heterocycles. The molecule has 3 unspecified atom stereocenters. The number of rotatable bonds is 5. The van der Waals surface area contributed by atoms with Crippen LogP contribution in [-0.4, -0.2) is 189 Å². The van der Waals surface area contributed by atoms with Gasteiger partial charge in [-0.3, -0.25) is 18.5 Å². The van der Waals surface area contributed by atoms with Crippen molar-refractivity contribution in [3.05, 3.63) is 64.8 Å². The van der Waals surface area contributed by atoms with Gasteiger partial charge in [0.15, 0.2) is 17.2 Å². The van der Waals surface area contributed by atoms with E-state index in [-0.39, 0.29) is 112 Å². The molecule has 22 heteroatoms. The second kappa shape index (κ2) is 14.6. The second-order valence-corrected chi connectivity index (χ2v) is 12.8. The van der Waals surface area contributed by atoms with Crippen molar-refractivity contribution in [3.8, 4) is 0 Å². The Bertz CT molecular complexity index is 1840. The van der Waals surface area contributed by atoms with Gasteiger partial charge in [0.05, 0.1) is 22.7 Å². The van der Waals surface area contributed by atoms with E-state index >= 15 is 0 Å². The number of H-pyrrole nitrogens is 1. The van der Waals surface area contributed by atoms with Crippen LogP contribution in [0.2, 0.25) is 0 Å². The predicted octanol–water partition coefficient (Wildman–Crippen LogP) is -2.97. The van der Waals surface area contributed by atoms with Crippen molar-refractivity contribution in [2.75, 3.05) is 7.05 Å². The molecule has 0 bridgehead atoms. The third-order valence-corrected chi connectivity index (χ3v) is 8.86. The maximum atomic E-state index is 13.2. The van der Waals surface area contributed by atoms with Gasteiger partial charge >= 0.3 is 100 Å². The Balaban J connectivity index is 0.00000294. The quantitative estimate of drug-likeness (QED) is 0.139. The molecule has 42 heavy (non-hydrogen) atoms. The number of nitrogens with zero attached hydrogens (tertiary/aromatic N) is 4. The Labute approximate surface area is 306 Å². The number of fused-ring (bicyclic) bond motifs is 1. The summed E-state index contributed by atoms with van der Waals surface area (Å²) in [5, 5.41) is -4.16. The van der Waals surface area contributed by atoms with Gasteiger partial charge < -0.3 is 4.98 Å². The van der Waals surface area contributed by atoms with E-state index in [4.69, 9.17) is 0 Å². The molecule has 0 saturated heterocycles. The molecule has 1 aromatic rings. The van der Waals surface area contributed by atoms with Crippen molar-refractivity contribution < 1.29 is 53.1 Å². The number of hydrogen-bond acceptors (Lipinski definition) is 10. The molecular formula is C20H21N5Na3O11S3+. The van der Waals surface area contributed by atoms with Crippen molar-refractivity contribution in [2.45, 2.75) is 10.5 Å². The average molecular weight is 673 g/mol. The van der Waals surface area contributed by atoms with Crippen LogP contribution in [0, 0.1) is 5.92 Å². The van der Waals surface area contributed by atoms with Crippen LogP contribution < -0.4 is 0 Å². The number of aromatic amines is 1. The molecule has 0 spiro atoms. The minimum absolute atomic E-state index is 0. The summed E-state index contributed by atoms with van der Waals surface area (Å²) in [6.45, 7) is 0. The van der Waals surface area contributed by atoms with E-state index in [2.05, 4.69) is 20.0 Å². The van der Waals surface area contributed by atoms with Gasteiger partial charge in [-0.15, -0.1) is 0 Å². The first kappa shape index (κ1) is 39.3. The van der Waals surface area contributed by atoms with Crippen molar-refractivity contribution in [2.24, 2.45) is 15.9 Å². The number of amides is 2. The predicted molar refractivity (Wildman–Crippen MR) is 156 cm³/mol. The van der Waals surface area contributed by atoms with Gasteiger partial charge in [-0.25, -0.2) is 19.8 Å². The fraction of sp³-hybridized carbons (Fsp3) is 0.200. The van der Waals surface area contributed by atoms with E-state index in [1.807, 2.05) is 0 Å². The zero-order valence-electron chi connectivity index (χ0n) is 19.5. The summed E-state index contributed by atoms with van der Waals surface area (Å²) >= 11 is 0. The van der Waals surface area contributed by atoms with Crippen LogP contribution in [0.5, 0.6) is 0 Å². The molecule has 0 saturated carbocycles. The molecule has 2 aliphatic carbocycles. The van der Waals surface area contributed by atoms with Crippen LogP contribution in [-0.2, 0) is 35.1 Å². The topological polar surface area (TPSA) is 254 Å². The molecular weight excluding hydrogens is 651 g/mol. The van der Waals surface area contributed by atoms with Gasteiger partial charge in [-0.2, -0.15) is 29.8 Å². The summed E-state index contributed by atoms with van der Waals surface area (Å²) in [7, 11) is -14.1. The molecule has 16 nitrogen and oxygen atoms in total. The van der Waals surface area contributed by atoms with Gasteiger partial charge in [-0.05, 0) is 17.7 Å². The Kier molecular flexibility index (Phi) is 13.6. The molecule has 3 aliphatic rings. The molecule has 3 atom stereocenters. The SMILES string of the molecule is C[N+](C(=O)C1=CC(=NC(=O)c2ncc[nH]2)C=N1)=C1C=CC(S(=O)(=O)O)C2=CC(S(=O)(=O)O)=CC(S(=O)(=O)O)C21.[NaH].[NaH].[NaH]. The third-order valence-electron chi connectivity index (χ3n) is 5.84. The Hall–Kier alpha value is -0.750. The van der Waals surface area contributed by atoms with Crippen molar-refractivity contribution >= 4 is 148 Å². The van der Waals surface area contributed by atoms with Gasteiger partial charge in [0.2, 0.25) is 0 Å². The summed E-state index contributed by atoms with van der Waals surface area (Å²) in [6.07, 6.45) is 7.98. The Morgan fingerprint density at radius 3 is 2.17 bits per heavy atom. The maximum absolute atomic E-state index is 13.2. The van der Waals surface area contributed by atoms with Gasteiger partial charge in [0.25, 0.3) is 30.4 Å². The van der Waals surface area contributed by atoms with Crippen LogP contribution in [0.15, 0.2) is 68.9 Å². The third kappa shape index (κ3) is 8.49. The molecule has 212 valence electrons. The van der Waals surface area contributed by atoms with E-state index in [0.29, 0.717) is 12.2 Å². The molecule has 4 N–H and O–H groups in total. The summed E-state index contributed by atoms with van der Waals surface area (Å²) in [5.74, 6) is -3.40. The normalized spacial score (nSPS) is 23.8. The number of aliphatic imine (C=N–C) groups is 2. The van der Waals surface area contributed by atoms with E-state index < -0.39 is 69.1 Å². The molecule has 1 aromatic heterocycles. The van der Waals surface area contributed by atoms with Crippen LogP contribution in [0.1, 0.15) is 10.6 Å². The summed E-state index contributed by atoms with van der Waals surface area (Å²) in [6, 6.07) is 0. The number of carbonyl (C=O) groups excluding carboxylic acids is 2. The minimum atomic E-state index is -5.18. The number of hydrogen-bond donors (Lipinski definition) is 4. The first-order valence-corrected chi connectivity index (χ1v) is 15.0. The second-order valence-electron chi connectivity index (χ2n) is 8.30. The fourth-order valence-corrected chi connectivity index (χ4v) is 6.61. The molecule has 4 rings (SSSR count). The molecule has 2 amide bonds. The summed E-state index contributed by atoms with van der Waals surface area (Å²) < 4.78 is 102. The molecule has 0 fully saturated rings. The van der Waals surface area contributed by atoms with E-state index in [1.54, 1.807) is 0 Å². The summed E-state index contributed by atoms with van der Waals surface area (Å²) in [5.41, 5.74) is -1.06. The van der Waals surface area contributed by atoms with Crippen LogP contribution >= 0.6 is 0 Å². The van der Waals surface area contributed by atoms with Crippen molar-refractivity contribution in [1.29, 1.82) is 0 Å². The number of imidazole rings is 1. The number of nitrogens with one attached hydrogen (secondary N) is 1. The molecule has 2 heterocycles. The van der Waals surface area contributed by atoms with Crippen LogP contribution in [0.25, 0.3) is 0 Å². The van der Waals surface area contributed by atoms with Gasteiger partial charge in [-0.1, -0.05) is 6.08 Å². The molecule has 0 radical (unpaired) electrons. The molecule has 0 aromatic carbocycles. The number of aromatic nitrogens is 2. The summed E-state index contributed by atoms with van der Waals surface area (Å²) in [4.78, 5) is 38.3. The van der Waals surface area contributed by atoms with Gasteiger partial charge in [0.1, 0.15) is 17.5 Å². The Morgan fingerprint density at radius 1 is 1.00 bits per heavy atom. The van der Waals surface area contributed by atoms with Gasteiger partial charge in [0, 0.05) is 24.5 Å². The standard InChI is InChI=1S/C20H17N5O11S3.3Na.3H/c1-25(20(27)13-6-10(9-23-13)24-19(26)18-21-4-5-22-18)14-2-3-15(38(31,32)33)12-7-11(37(28,29)30)8-16(17(12)14)39(34,35)36;;;;;;/h2-9,15-17H,1H3,(H3-,21,22,26,28,29,30,31,32,33,34,35,36);;;;;;/p+1. The monoisotopic (exact) mass is 672 g/mol. The zero-order chi connectivity index (χ0) is 28.9. The fourth-order valence-electron chi connectivity index (χ4n) is 4.13. The Morgan fingerprint density at radius 2 is 1.64 bits per heavy atom. The van der Waals surface area contributed by atoms with E-state index in [0.717, 1.165) is 36.1 Å². The average Bonchev–Trinajstić information content (AvgIpc) is 3.52. The van der Waals surface area contributed by atoms with Crippen LogP contribution in [0.4, 0.5) is 0 Å². The number of allylic oxidation sites excluding steroid dienone is 3. The van der Waals surface area contributed by atoms with E-state index in [1.165, 1.54) is 12.4 Å². The first-order chi connectivity index (χ1) is 18.0. The van der Waals surface area contributed by atoms with Crippen molar-refractivity contribution in [1.82, 2.24) is 9.97 Å². The van der Waals surface area contributed by atoms with Crippen LogP contribution in [0.3, 0.4) is 0 Å². The zero-order valence-corrected chi connectivity index (χ0v) is 21.9. The number of carbonyl (C=O) groups is 2. The number of likely N-dealkylation sites (N-methyl/N-ethyl adjacent to an activating group) is 1. The van der Waals surface area contributed by atoms with Crippen molar-refractivity contribution in [3.63, 3.8) is 0 Å².